The molecule has 0 spiro atoms. The van der Waals surface area contributed by atoms with Crippen LogP contribution in [0.25, 0.3) is 0 Å². The summed E-state index contributed by atoms with van der Waals surface area (Å²) in [7, 11) is 0. The number of aliphatic imine (C=N–C) groups is 1. The summed E-state index contributed by atoms with van der Waals surface area (Å²) < 4.78 is 10.7. The van der Waals surface area contributed by atoms with Gasteiger partial charge in [0.25, 0.3) is 0 Å². The number of furan rings is 1. The van der Waals surface area contributed by atoms with E-state index in [2.05, 4.69) is 15.6 Å². The van der Waals surface area contributed by atoms with Crippen LogP contribution in [0, 0.1) is 0 Å². The summed E-state index contributed by atoms with van der Waals surface area (Å²) in [4.78, 5) is 4.47. The predicted molar refractivity (Wildman–Crippen MR) is 92.5 cm³/mol. The second kappa shape index (κ2) is 11.1. The van der Waals surface area contributed by atoms with Gasteiger partial charge in [0.1, 0.15) is 12.4 Å². The molecule has 6 heteroatoms. The lowest BCUT2D eigenvalue weighted by molar-refractivity contribution is 0.0418. The molecular formula is C17H31N3O3. The second-order valence-corrected chi connectivity index (χ2v) is 5.54. The van der Waals surface area contributed by atoms with Gasteiger partial charge >= 0.3 is 0 Å². The summed E-state index contributed by atoms with van der Waals surface area (Å²) in [5, 5.41) is 16.7. The zero-order valence-corrected chi connectivity index (χ0v) is 14.6. The van der Waals surface area contributed by atoms with Crippen LogP contribution in [-0.4, -0.2) is 42.9 Å². The van der Waals surface area contributed by atoms with Crippen molar-refractivity contribution in [3.05, 3.63) is 24.2 Å². The third-order valence-corrected chi connectivity index (χ3v) is 3.77. The predicted octanol–water partition coefficient (Wildman–Crippen LogP) is 2.29. The second-order valence-electron chi connectivity index (χ2n) is 5.54. The van der Waals surface area contributed by atoms with Crippen molar-refractivity contribution in [2.75, 3.05) is 26.2 Å². The van der Waals surface area contributed by atoms with Crippen molar-refractivity contribution in [2.45, 2.75) is 52.2 Å². The summed E-state index contributed by atoms with van der Waals surface area (Å²) in [6, 6.07) is 3.75. The number of hydrogen-bond acceptors (Lipinski definition) is 4. The Bertz CT molecular complexity index is 428. The molecule has 23 heavy (non-hydrogen) atoms. The number of ether oxygens (including phenoxy) is 1. The van der Waals surface area contributed by atoms with Crippen molar-refractivity contribution in [3.63, 3.8) is 0 Å². The van der Waals surface area contributed by atoms with Gasteiger partial charge in [-0.2, -0.15) is 0 Å². The van der Waals surface area contributed by atoms with E-state index in [0.29, 0.717) is 32.6 Å². The largest absolute Gasteiger partial charge is 0.467 e. The van der Waals surface area contributed by atoms with Gasteiger partial charge in [0, 0.05) is 19.7 Å². The Morgan fingerprint density at radius 1 is 1.30 bits per heavy atom. The van der Waals surface area contributed by atoms with Crippen molar-refractivity contribution >= 4 is 5.96 Å². The first-order valence-corrected chi connectivity index (χ1v) is 8.48. The van der Waals surface area contributed by atoms with E-state index in [-0.39, 0.29) is 0 Å². The van der Waals surface area contributed by atoms with E-state index in [1.54, 1.807) is 6.26 Å². The van der Waals surface area contributed by atoms with Crippen molar-refractivity contribution in [1.29, 1.82) is 0 Å². The Balaban J connectivity index is 2.24. The van der Waals surface area contributed by atoms with E-state index in [1.165, 1.54) is 0 Å². The molecule has 0 aliphatic heterocycles. The van der Waals surface area contributed by atoms with E-state index in [9.17, 15) is 5.11 Å². The van der Waals surface area contributed by atoms with E-state index in [4.69, 9.17) is 9.15 Å². The SMILES string of the molecule is CCNC(=NCC(O)(CC)CC)NCCCOCc1ccco1. The number of hydrogen-bond donors (Lipinski definition) is 3. The van der Waals surface area contributed by atoms with Crippen molar-refractivity contribution in [2.24, 2.45) is 4.99 Å². The minimum atomic E-state index is -0.714. The maximum atomic E-state index is 10.3. The summed E-state index contributed by atoms with van der Waals surface area (Å²) in [6.45, 7) is 9.10. The molecule has 0 unspecified atom stereocenters. The maximum absolute atomic E-state index is 10.3. The van der Waals surface area contributed by atoms with Crippen molar-refractivity contribution < 1.29 is 14.3 Å². The zero-order chi connectivity index (χ0) is 17.0. The molecule has 0 aliphatic carbocycles. The molecule has 0 aliphatic rings. The van der Waals surface area contributed by atoms with Gasteiger partial charge in [0.2, 0.25) is 0 Å². The van der Waals surface area contributed by atoms with Crippen LogP contribution in [0.5, 0.6) is 0 Å². The van der Waals surface area contributed by atoms with Crippen LogP contribution in [0.3, 0.4) is 0 Å². The van der Waals surface area contributed by atoms with Crippen molar-refractivity contribution in [1.82, 2.24) is 10.6 Å². The molecule has 1 rings (SSSR count). The lowest BCUT2D eigenvalue weighted by Crippen LogP contribution is -2.40. The third-order valence-electron chi connectivity index (χ3n) is 3.77. The minimum absolute atomic E-state index is 0.407. The molecule has 6 nitrogen and oxygen atoms in total. The Morgan fingerprint density at radius 2 is 2.09 bits per heavy atom. The number of nitrogens with zero attached hydrogens (tertiary/aromatic N) is 1. The third kappa shape index (κ3) is 8.04. The van der Waals surface area contributed by atoms with Crippen LogP contribution in [0.15, 0.2) is 27.8 Å². The van der Waals surface area contributed by atoms with Gasteiger partial charge in [0.05, 0.1) is 18.4 Å². The molecule has 0 saturated carbocycles. The molecule has 132 valence electrons. The van der Waals surface area contributed by atoms with E-state index in [1.807, 2.05) is 32.9 Å². The average Bonchev–Trinajstić information content (AvgIpc) is 3.08. The Kier molecular flexibility index (Phi) is 9.40. The van der Waals surface area contributed by atoms with Crippen LogP contribution in [0.4, 0.5) is 0 Å². The molecule has 0 atom stereocenters. The molecule has 0 amide bonds. The first-order valence-electron chi connectivity index (χ1n) is 8.48. The lowest BCUT2D eigenvalue weighted by atomic mass is 9.98. The highest BCUT2D eigenvalue weighted by Crippen LogP contribution is 2.14. The molecule has 0 bridgehead atoms. The standard InChI is InChI=1S/C17H31N3O3/c1-4-17(21,5-2)14-20-16(18-6-3)19-10-8-11-22-13-15-9-7-12-23-15/h7,9,12,21H,4-6,8,10-11,13-14H2,1-3H3,(H2,18,19,20). The summed E-state index contributed by atoms with van der Waals surface area (Å²) >= 11 is 0. The monoisotopic (exact) mass is 325 g/mol. The smallest absolute Gasteiger partial charge is 0.191 e. The highest BCUT2D eigenvalue weighted by molar-refractivity contribution is 5.79. The highest BCUT2D eigenvalue weighted by atomic mass is 16.5. The summed E-state index contributed by atoms with van der Waals surface area (Å²) in [5.74, 6) is 1.57. The minimum Gasteiger partial charge on any atom is -0.467 e. The Labute approximate surface area is 139 Å². The highest BCUT2D eigenvalue weighted by Gasteiger charge is 2.21. The van der Waals surface area contributed by atoms with Crippen LogP contribution in [-0.2, 0) is 11.3 Å². The molecule has 0 radical (unpaired) electrons. The average molecular weight is 325 g/mol. The molecule has 1 heterocycles. The van der Waals surface area contributed by atoms with Crippen LogP contribution < -0.4 is 10.6 Å². The van der Waals surface area contributed by atoms with Crippen LogP contribution >= 0.6 is 0 Å². The fourth-order valence-electron chi connectivity index (χ4n) is 1.99. The molecule has 0 aromatic carbocycles. The topological polar surface area (TPSA) is 79.0 Å². The summed E-state index contributed by atoms with van der Waals surface area (Å²) in [6.07, 6.45) is 3.92. The first-order chi connectivity index (χ1) is 11.1. The van der Waals surface area contributed by atoms with Crippen LogP contribution in [0.1, 0.15) is 45.8 Å². The molecule has 0 fully saturated rings. The molecule has 1 aromatic heterocycles. The Morgan fingerprint density at radius 3 is 2.70 bits per heavy atom. The number of guanidine groups is 1. The van der Waals surface area contributed by atoms with Gasteiger partial charge < -0.3 is 24.9 Å². The first kappa shape index (κ1) is 19.5. The zero-order valence-electron chi connectivity index (χ0n) is 14.6. The van der Waals surface area contributed by atoms with Crippen LogP contribution in [0.2, 0.25) is 0 Å². The van der Waals surface area contributed by atoms with E-state index >= 15 is 0 Å². The maximum Gasteiger partial charge on any atom is 0.191 e. The van der Waals surface area contributed by atoms with E-state index < -0.39 is 5.60 Å². The van der Waals surface area contributed by atoms with Gasteiger partial charge in [-0.3, -0.25) is 4.99 Å². The quantitative estimate of drug-likeness (QED) is 0.330. The molecule has 1 aromatic rings. The molecular weight excluding hydrogens is 294 g/mol. The fourth-order valence-corrected chi connectivity index (χ4v) is 1.99. The normalized spacial score (nSPS) is 12.4. The van der Waals surface area contributed by atoms with Gasteiger partial charge in [-0.25, -0.2) is 0 Å². The molecule has 3 N–H and O–H groups in total. The van der Waals surface area contributed by atoms with Crippen molar-refractivity contribution in [3.8, 4) is 0 Å². The van der Waals surface area contributed by atoms with Gasteiger partial charge in [0.15, 0.2) is 5.96 Å². The summed E-state index contributed by atoms with van der Waals surface area (Å²) in [5.41, 5.74) is -0.714. The number of aliphatic hydroxyl groups is 1. The number of rotatable bonds is 11. The number of nitrogens with one attached hydrogen (secondary N) is 2. The fraction of sp³-hybridized carbons (Fsp3) is 0.706. The van der Waals surface area contributed by atoms with Gasteiger partial charge in [-0.1, -0.05) is 13.8 Å². The molecule has 0 saturated heterocycles. The Hall–Kier alpha value is -1.53. The van der Waals surface area contributed by atoms with Gasteiger partial charge in [-0.05, 0) is 38.3 Å². The van der Waals surface area contributed by atoms with E-state index in [0.717, 1.165) is 31.2 Å². The lowest BCUT2D eigenvalue weighted by Gasteiger charge is -2.23. The van der Waals surface area contributed by atoms with Gasteiger partial charge in [-0.15, -0.1) is 0 Å².